The third-order valence-corrected chi connectivity index (χ3v) is 7.65. The van der Waals surface area contributed by atoms with Crippen LogP contribution in [-0.2, 0) is 4.79 Å². The summed E-state index contributed by atoms with van der Waals surface area (Å²) in [5.74, 6) is 2.17. The van der Waals surface area contributed by atoms with E-state index in [0.717, 1.165) is 32.7 Å². The predicted molar refractivity (Wildman–Crippen MR) is 152 cm³/mol. The van der Waals surface area contributed by atoms with Gasteiger partial charge in [0, 0.05) is 18.0 Å². The molecule has 3 unspecified atom stereocenters. The van der Waals surface area contributed by atoms with Crippen LogP contribution in [0.3, 0.4) is 0 Å². The molecule has 8 heteroatoms. The number of rotatable bonds is 7. The molecule has 0 fully saturated rings. The molecule has 5 rings (SSSR count). The molecular weight excluding hydrogens is 548 g/mol. The summed E-state index contributed by atoms with van der Waals surface area (Å²) in [5, 5.41) is 7.22. The van der Waals surface area contributed by atoms with Crippen molar-refractivity contribution in [1.82, 2.24) is 0 Å². The first kappa shape index (κ1) is 26.0. The smallest absolute Gasteiger partial charge is 0.174 e. The number of carbonyl (C=O) groups excluding carboxylic acids is 1. The number of ether oxygens (including phenoxy) is 4. The first-order valence-corrected chi connectivity index (χ1v) is 13.4. The number of para-hydroxylation sites is 2. The minimum atomic E-state index is -0.423. The third-order valence-electron chi connectivity index (χ3n) is 7.06. The molecule has 0 spiro atoms. The Morgan fingerprint density at radius 2 is 1.63 bits per heavy atom. The van der Waals surface area contributed by atoms with Crippen molar-refractivity contribution in [1.29, 1.82) is 0 Å². The van der Waals surface area contributed by atoms with E-state index < -0.39 is 5.92 Å². The van der Waals surface area contributed by atoms with Gasteiger partial charge in [-0.1, -0.05) is 24.3 Å². The Bertz CT molecular complexity index is 1390. The van der Waals surface area contributed by atoms with Gasteiger partial charge in [-0.3, -0.25) is 4.79 Å². The fourth-order valence-corrected chi connectivity index (χ4v) is 5.93. The Morgan fingerprint density at radius 3 is 2.34 bits per heavy atom. The lowest BCUT2D eigenvalue weighted by molar-refractivity contribution is -0.122. The van der Waals surface area contributed by atoms with Gasteiger partial charge < -0.3 is 29.6 Å². The number of fused-ring (bicyclic) bond motifs is 2. The van der Waals surface area contributed by atoms with Crippen LogP contribution < -0.4 is 29.6 Å². The van der Waals surface area contributed by atoms with Crippen LogP contribution in [0.1, 0.15) is 36.4 Å². The van der Waals surface area contributed by atoms with Gasteiger partial charge >= 0.3 is 0 Å². The van der Waals surface area contributed by atoms with Crippen LogP contribution >= 0.6 is 15.9 Å². The zero-order valence-corrected chi connectivity index (χ0v) is 23.4. The van der Waals surface area contributed by atoms with Crippen molar-refractivity contribution in [3.8, 4) is 23.0 Å². The van der Waals surface area contributed by atoms with E-state index in [0.29, 0.717) is 36.0 Å². The van der Waals surface area contributed by atoms with Crippen LogP contribution in [0.2, 0.25) is 0 Å². The number of hydrogen-bond donors (Lipinski definition) is 2. The lowest BCUT2D eigenvalue weighted by Crippen LogP contribution is -2.33. The van der Waals surface area contributed by atoms with Crippen LogP contribution in [0.5, 0.6) is 23.0 Å². The Kier molecular flexibility index (Phi) is 7.51. The lowest BCUT2D eigenvalue weighted by atomic mass is 9.76. The van der Waals surface area contributed by atoms with Crippen LogP contribution in [0.15, 0.2) is 70.8 Å². The third kappa shape index (κ3) is 4.80. The van der Waals surface area contributed by atoms with E-state index >= 15 is 0 Å². The van der Waals surface area contributed by atoms with Gasteiger partial charge in [-0.05, 0) is 70.4 Å². The SMILES string of the molecule is CCOc1cc(C2Nc3ccccc3NC3=CC(c4ccc(OC)c(OC)c4)CC(=O)C32)cc(Br)c1OC. The number of anilines is 2. The molecule has 38 heavy (non-hydrogen) atoms. The molecule has 198 valence electrons. The summed E-state index contributed by atoms with van der Waals surface area (Å²) in [6.07, 6.45) is 2.54. The van der Waals surface area contributed by atoms with Gasteiger partial charge in [0.1, 0.15) is 5.78 Å². The van der Waals surface area contributed by atoms with Gasteiger partial charge in [0.05, 0.1) is 55.7 Å². The molecule has 2 N–H and O–H groups in total. The second kappa shape index (κ2) is 11.0. The monoisotopic (exact) mass is 578 g/mol. The van der Waals surface area contributed by atoms with Crippen molar-refractivity contribution in [3.05, 3.63) is 82.0 Å². The van der Waals surface area contributed by atoms with Crippen molar-refractivity contribution in [2.24, 2.45) is 5.92 Å². The number of methoxy groups -OCH3 is 3. The maximum absolute atomic E-state index is 14.0. The molecule has 1 aliphatic heterocycles. The van der Waals surface area contributed by atoms with Gasteiger partial charge in [0.2, 0.25) is 0 Å². The molecule has 3 aromatic carbocycles. The predicted octanol–water partition coefficient (Wildman–Crippen LogP) is 6.71. The fraction of sp³-hybridized carbons (Fsp3) is 0.300. The van der Waals surface area contributed by atoms with Crippen LogP contribution in [0.25, 0.3) is 0 Å². The summed E-state index contributed by atoms with van der Waals surface area (Å²) in [5.41, 5.74) is 4.64. The summed E-state index contributed by atoms with van der Waals surface area (Å²) in [6.45, 7) is 2.43. The molecule has 1 aliphatic carbocycles. The van der Waals surface area contributed by atoms with Crippen LogP contribution in [0.4, 0.5) is 11.4 Å². The van der Waals surface area contributed by atoms with E-state index in [1.165, 1.54) is 0 Å². The second-order valence-corrected chi connectivity index (χ2v) is 10.1. The van der Waals surface area contributed by atoms with Gasteiger partial charge in [-0.25, -0.2) is 0 Å². The lowest BCUT2D eigenvalue weighted by Gasteiger charge is -2.33. The summed E-state index contributed by atoms with van der Waals surface area (Å²) in [6, 6.07) is 17.5. The largest absolute Gasteiger partial charge is 0.493 e. The summed E-state index contributed by atoms with van der Waals surface area (Å²) in [4.78, 5) is 14.0. The van der Waals surface area contributed by atoms with E-state index in [-0.39, 0.29) is 17.7 Å². The Hall–Kier alpha value is -3.65. The van der Waals surface area contributed by atoms with Crippen molar-refractivity contribution in [3.63, 3.8) is 0 Å². The number of hydrogen-bond acceptors (Lipinski definition) is 7. The highest BCUT2D eigenvalue weighted by molar-refractivity contribution is 9.10. The molecule has 3 atom stereocenters. The van der Waals surface area contributed by atoms with E-state index in [9.17, 15) is 4.79 Å². The highest BCUT2D eigenvalue weighted by atomic mass is 79.9. The molecule has 1 heterocycles. The molecular formula is C30H31BrN2O5. The topological polar surface area (TPSA) is 78.0 Å². The molecule has 0 amide bonds. The standard InChI is InChI=1S/C30H31BrN2O5/c1-5-38-27-16-19(12-20(31)30(27)37-4)29-28-23(32-21-8-6-7-9-22(21)33-29)13-18(14-24(28)34)17-10-11-25(35-2)26(15-17)36-3/h6-13,15-16,18,28-29,32-33H,5,14H2,1-4H3. The molecule has 0 bridgehead atoms. The minimum absolute atomic E-state index is 0.103. The average molecular weight is 579 g/mol. The number of ketones is 1. The van der Waals surface area contributed by atoms with E-state index in [2.05, 4.69) is 32.6 Å². The van der Waals surface area contributed by atoms with Gasteiger partial charge in [-0.2, -0.15) is 0 Å². The molecule has 0 saturated carbocycles. The highest BCUT2D eigenvalue weighted by Crippen LogP contribution is 2.47. The first-order chi connectivity index (χ1) is 18.5. The molecule has 2 aliphatic rings. The zero-order chi connectivity index (χ0) is 26.8. The van der Waals surface area contributed by atoms with Crippen molar-refractivity contribution in [2.45, 2.75) is 25.3 Å². The number of allylic oxidation sites excluding steroid dienone is 1. The number of halogens is 1. The average Bonchev–Trinajstić information content (AvgIpc) is 3.09. The van der Waals surface area contributed by atoms with E-state index in [1.54, 1.807) is 21.3 Å². The van der Waals surface area contributed by atoms with E-state index in [4.69, 9.17) is 18.9 Å². The van der Waals surface area contributed by atoms with Crippen LogP contribution in [0, 0.1) is 5.92 Å². The van der Waals surface area contributed by atoms with Gasteiger partial charge in [0.15, 0.2) is 23.0 Å². The second-order valence-electron chi connectivity index (χ2n) is 9.25. The minimum Gasteiger partial charge on any atom is -0.493 e. The van der Waals surface area contributed by atoms with E-state index in [1.807, 2.05) is 61.5 Å². The fourth-order valence-electron chi connectivity index (χ4n) is 5.31. The molecule has 0 radical (unpaired) electrons. The summed E-state index contributed by atoms with van der Waals surface area (Å²) < 4.78 is 23.2. The zero-order valence-electron chi connectivity index (χ0n) is 21.8. The summed E-state index contributed by atoms with van der Waals surface area (Å²) >= 11 is 3.64. The van der Waals surface area contributed by atoms with Crippen LogP contribution in [-0.4, -0.2) is 33.7 Å². The maximum atomic E-state index is 14.0. The molecule has 0 aromatic heterocycles. The van der Waals surface area contributed by atoms with Gasteiger partial charge in [-0.15, -0.1) is 0 Å². The molecule has 7 nitrogen and oxygen atoms in total. The van der Waals surface area contributed by atoms with Crippen molar-refractivity contribution < 1.29 is 23.7 Å². The Labute approximate surface area is 231 Å². The summed E-state index contributed by atoms with van der Waals surface area (Å²) in [7, 11) is 4.85. The Balaban J connectivity index is 1.62. The van der Waals surface area contributed by atoms with Crippen molar-refractivity contribution in [2.75, 3.05) is 38.6 Å². The number of Topliss-reactive ketones (excluding diaryl/α,β-unsaturated/α-hetero) is 1. The van der Waals surface area contributed by atoms with Crippen molar-refractivity contribution >= 4 is 33.1 Å². The first-order valence-electron chi connectivity index (χ1n) is 12.6. The highest BCUT2D eigenvalue weighted by Gasteiger charge is 2.40. The molecule has 3 aromatic rings. The Morgan fingerprint density at radius 1 is 0.895 bits per heavy atom. The quantitative estimate of drug-likeness (QED) is 0.322. The number of nitrogens with one attached hydrogen (secondary N) is 2. The maximum Gasteiger partial charge on any atom is 0.174 e. The molecule has 0 saturated heterocycles. The van der Waals surface area contributed by atoms with Gasteiger partial charge in [0.25, 0.3) is 0 Å². The normalized spacial score (nSPS) is 20.1. The number of carbonyl (C=O) groups is 1. The number of benzene rings is 3.